The lowest BCUT2D eigenvalue weighted by Crippen LogP contribution is -1.96. The Morgan fingerprint density at radius 3 is 2.19 bits per heavy atom. The highest BCUT2D eigenvalue weighted by Crippen LogP contribution is 2.32. The minimum Gasteiger partial charge on any atom is -0.356 e. The molecular formula is C16H13NO3S. The lowest BCUT2D eigenvalue weighted by molar-refractivity contribution is 0.432. The summed E-state index contributed by atoms with van der Waals surface area (Å²) >= 11 is 0. The van der Waals surface area contributed by atoms with Crippen LogP contribution in [0.15, 0.2) is 70.2 Å². The van der Waals surface area contributed by atoms with Gasteiger partial charge in [-0.1, -0.05) is 35.5 Å². The second kappa shape index (κ2) is 5.18. The highest BCUT2D eigenvalue weighted by atomic mass is 32.2. The van der Waals surface area contributed by atoms with Gasteiger partial charge in [0.2, 0.25) is 0 Å². The van der Waals surface area contributed by atoms with Crippen LogP contribution >= 0.6 is 0 Å². The molecule has 0 atom stereocenters. The van der Waals surface area contributed by atoms with Gasteiger partial charge in [0.05, 0.1) is 11.1 Å². The van der Waals surface area contributed by atoms with Crippen molar-refractivity contribution in [2.75, 3.05) is 6.26 Å². The normalized spacial score (nSPS) is 11.5. The van der Waals surface area contributed by atoms with Gasteiger partial charge >= 0.3 is 0 Å². The van der Waals surface area contributed by atoms with E-state index >= 15 is 0 Å². The molecular weight excluding hydrogens is 286 g/mol. The molecule has 0 aliphatic heterocycles. The molecule has 0 radical (unpaired) electrons. The highest BCUT2D eigenvalue weighted by Gasteiger charge is 2.13. The number of nitrogens with zero attached hydrogens (tertiary/aromatic N) is 1. The molecule has 1 aromatic heterocycles. The fourth-order valence-corrected chi connectivity index (χ4v) is 2.76. The van der Waals surface area contributed by atoms with Crippen LogP contribution in [0.25, 0.3) is 22.5 Å². The van der Waals surface area contributed by atoms with E-state index in [9.17, 15) is 8.42 Å². The Labute approximate surface area is 123 Å². The Hall–Kier alpha value is -2.40. The second-order valence-electron chi connectivity index (χ2n) is 4.73. The third-order valence-corrected chi connectivity index (χ3v) is 4.33. The summed E-state index contributed by atoms with van der Waals surface area (Å²) in [6.07, 6.45) is 2.85. The molecule has 0 bridgehead atoms. The zero-order valence-electron chi connectivity index (χ0n) is 11.4. The van der Waals surface area contributed by atoms with Crippen LogP contribution in [-0.4, -0.2) is 19.8 Å². The van der Waals surface area contributed by atoms with Gasteiger partial charge in [-0.05, 0) is 29.8 Å². The molecule has 0 amide bonds. The summed E-state index contributed by atoms with van der Waals surface area (Å²) in [5.74, 6) is 0.626. The van der Waals surface area contributed by atoms with Crippen LogP contribution in [-0.2, 0) is 9.84 Å². The second-order valence-corrected chi connectivity index (χ2v) is 6.75. The number of sulfone groups is 1. The predicted octanol–water partition coefficient (Wildman–Crippen LogP) is 3.41. The molecule has 1 heterocycles. The van der Waals surface area contributed by atoms with Crippen LogP contribution in [0.2, 0.25) is 0 Å². The maximum Gasteiger partial charge on any atom is 0.175 e. The summed E-state index contributed by atoms with van der Waals surface area (Å²) < 4.78 is 28.3. The fourth-order valence-electron chi connectivity index (χ4n) is 2.12. The van der Waals surface area contributed by atoms with Crippen molar-refractivity contribution in [2.24, 2.45) is 0 Å². The first-order valence-electron chi connectivity index (χ1n) is 6.36. The maximum absolute atomic E-state index is 11.5. The zero-order chi connectivity index (χ0) is 14.9. The molecule has 0 spiro atoms. The maximum atomic E-state index is 11.5. The van der Waals surface area contributed by atoms with Gasteiger partial charge in [0.15, 0.2) is 15.6 Å². The van der Waals surface area contributed by atoms with E-state index in [-0.39, 0.29) is 4.90 Å². The monoisotopic (exact) mass is 299 g/mol. The van der Waals surface area contributed by atoms with Crippen LogP contribution in [0.3, 0.4) is 0 Å². The molecule has 0 saturated carbocycles. The van der Waals surface area contributed by atoms with Gasteiger partial charge in [0.1, 0.15) is 0 Å². The first kappa shape index (κ1) is 13.6. The van der Waals surface area contributed by atoms with E-state index in [2.05, 4.69) is 5.16 Å². The van der Waals surface area contributed by atoms with Gasteiger partial charge in [-0.3, -0.25) is 0 Å². The lowest BCUT2D eigenvalue weighted by Gasteiger charge is -2.03. The smallest absolute Gasteiger partial charge is 0.175 e. The Balaban J connectivity index is 2.05. The van der Waals surface area contributed by atoms with Gasteiger partial charge in [-0.15, -0.1) is 0 Å². The molecule has 3 rings (SSSR count). The van der Waals surface area contributed by atoms with Gasteiger partial charge in [-0.25, -0.2) is 8.42 Å². The van der Waals surface area contributed by atoms with E-state index in [4.69, 9.17) is 4.52 Å². The van der Waals surface area contributed by atoms with E-state index in [0.717, 1.165) is 16.7 Å². The summed E-state index contributed by atoms with van der Waals surface area (Å²) in [6.45, 7) is 0. The molecule has 0 unspecified atom stereocenters. The van der Waals surface area contributed by atoms with Crippen LogP contribution in [0.1, 0.15) is 0 Å². The van der Waals surface area contributed by atoms with Gasteiger partial charge < -0.3 is 4.52 Å². The van der Waals surface area contributed by atoms with E-state index < -0.39 is 9.84 Å². The van der Waals surface area contributed by atoms with Crippen molar-refractivity contribution in [3.63, 3.8) is 0 Å². The number of hydrogen-bond acceptors (Lipinski definition) is 4. The largest absolute Gasteiger partial charge is 0.356 e. The molecule has 21 heavy (non-hydrogen) atoms. The fraction of sp³-hybridized carbons (Fsp3) is 0.0625. The van der Waals surface area contributed by atoms with Gasteiger partial charge in [-0.2, -0.15) is 0 Å². The van der Waals surface area contributed by atoms with E-state index in [1.807, 2.05) is 30.3 Å². The summed E-state index contributed by atoms with van der Waals surface area (Å²) in [5, 5.41) is 3.85. The topological polar surface area (TPSA) is 60.2 Å². The summed E-state index contributed by atoms with van der Waals surface area (Å²) in [5.41, 5.74) is 2.67. The molecule has 0 aliphatic rings. The molecule has 0 saturated heterocycles. The van der Waals surface area contributed by atoms with Crippen molar-refractivity contribution in [3.8, 4) is 22.5 Å². The predicted molar refractivity (Wildman–Crippen MR) is 80.5 cm³/mol. The van der Waals surface area contributed by atoms with Crippen molar-refractivity contribution < 1.29 is 12.9 Å². The van der Waals surface area contributed by atoms with Crippen LogP contribution in [0.5, 0.6) is 0 Å². The highest BCUT2D eigenvalue weighted by molar-refractivity contribution is 7.90. The molecule has 106 valence electrons. The lowest BCUT2D eigenvalue weighted by atomic mass is 10.0. The van der Waals surface area contributed by atoms with Crippen molar-refractivity contribution in [1.82, 2.24) is 5.16 Å². The molecule has 0 fully saturated rings. The minimum absolute atomic E-state index is 0.284. The summed E-state index contributed by atoms with van der Waals surface area (Å²) in [6, 6.07) is 16.4. The number of rotatable bonds is 3. The average Bonchev–Trinajstić information content (AvgIpc) is 2.97. The average molecular weight is 299 g/mol. The Morgan fingerprint density at radius 2 is 1.57 bits per heavy atom. The van der Waals surface area contributed by atoms with E-state index in [1.54, 1.807) is 30.5 Å². The van der Waals surface area contributed by atoms with Crippen molar-refractivity contribution in [3.05, 3.63) is 60.8 Å². The third-order valence-electron chi connectivity index (χ3n) is 3.20. The van der Waals surface area contributed by atoms with Crippen LogP contribution in [0, 0.1) is 0 Å². The van der Waals surface area contributed by atoms with Gasteiger partial charge in [0, 0.05) is 17.4 Å². The zero-order valence-corrected chi connectivity index (χ0v) is 12.2. The molecule has 2 aromatic carbocycles. The molecule has 4 nitrogen and oxygen atoms in total. The quantitative estimate of drug-likeness (QED) is 0.743. The van der Waals surface area contributed by atoms with Gasteiger partial charge in [0.25, 0.3) is 0 Å². The van der Waals surface area contributed by atoms with Crippen molar-refractivity contribution in [1.29, 1.82) is 0 Å². The number of hydrogen-bond donors (Lipinski definition) is 0. The Bertz CT molecular complexity index is 850. The molecule has 5 heteroatoms. The van der Waals surface area contributed by atoms with Crippen molar-refractivity contribution in [2.45, 2.75) is 4.90 Å². The van der Waals surface area contributed by atoms with Crippen LogP contribution < -0.4 is 0 Å². The summed E-state index contributed by atoms with van der Waals surface area (Å²) in [7, 11) is -3.20. The minimum atomic E-state index is -3.20. The van der Waals surface area contributed by atoms with E-state index in [1.165, 1.54) is 6.26 Å². The standard InChI is InChI=1S/C16H13NO3S/c1-21(18,19)14-9-7-13(8-10-14)16-15(11-17-20-16)12-5-3-2-4-6-12/h2-11H,1H3. The Kier molecular flexibility index (Phi) is 3.35. The first-order valence-corrected chi connectivity index (χ1v) is 8.25. The number of benzene rings is 2. The number of aromatic nitrogens is 1. The Morgan fingerprint density at radius 1 is 0.905 bits per heavy atom. The first-order chi connectivity index (χ1) is 10.1. The SMILES string of the molecule is CS(=O)(=O)c1ccc(-c2oncc2-c2ccccc2)cc1. The third kappa shape index (κ3) is 2.73. The van der Waals surface area contributed by atoms with Crippen LogP contribution in [0.4, 0.5) is 0 Å². The molecule has 0 aliphatic carbocycles. The van der Waals surface area contributed by atoms with Crippen molar-refractivity contribution >= 4 is 9.84 Å². The van der Waals surface area contributed by atoms with E-state index in [0.29, 0.717) is 5.76 Å². The summed E-state index contributed by atoms with van der Waals surface area (Å²) in [4.78, 5) is 0.284. The molecule has 3 aromatic rings. The molecule has 0 N–H and O–H groups in total.